The third-order valence-electron chi connectivity index (χ3n) is 7.16. The lowest BCUT2D eigenvalue weighted by Crippen LogP contribution is -2.53. The maximum Gasteiger partial charge on any atom is 0.317 e. The molecule has 0 saturated carbocycles. The molecule has 1 unspecified atom stereocenters. The highest BCUT2D eigenvalue weighted by Crippen LogP contribution is 2.39. The number of nitrogens with zero attached hydrogens (tertiary/aromatic N) is 2. The molecule has 2 fully saturated rings. The van der Waals surface area contributed by atoms with Crippen LogP contribution in [-0.2, 0) is 16.0 Å². The van der Waals surface area contributed by atoms with Crippen LogP contribution in [0.1, 0.15) is 57.9 Å². The number of benzene rings is 1. The summed E-state index contributed by atoms with van der Waals surface area (Å²) in [5.41, 5.74) is 3.28. The molecule has 3 aliphatic rings. The molecular formula is C25H38N4O3. The van der Waals surface area contributed by atoms with Crippen LogP contribution in [-0.4, -0.2) is 61.8 Å². The van der Waals surface area contributed by atoms with Gasteiger partial charge in [-0.2, -0.15) is 0 Å². The van der Waals surface area contributed by atoms with Gasteiger partial charge in [0.1, 0.15) is 0 Å². The number of piperidine rings is 1. The number of amides is 3. The Labute approximate surface area is 191 Å². The standard InChI is InChI=1S/C25H38N4O3/c1-18(2)26-24(31)29-12-9-25(10-13-29)17-19(8-14-32-25)15-23(30)27-21-7-6-20-5-4-11-28(3)22(20)16-21/h6-7,16,18-19H,4-5,8-15,17H2,1-3H3,(H,26,31)(H,27,30). The molecule has 0 aliphatic carbocycles. The minimum atomic E-state index is -0.188. The third kappa shape index (κ3) is 5.37. The maximum absolute atomic E-state index is 12.8. The SMILES string of the molecule is CC(C)NC(=O)N1CCC2(CC1)CC(CC(=O)Nc1ccc3c(c1)N(C)CCC3)CCO2. The van der Waals surface area contributed by atoms with Crippen LogP contribution in [0.4, 0.5) is 16.2 Å². The Morgan fingerprint density at radius 1 is 1.22 bits per heavy atom. The molecule has 3 amide bonds. The van der Waals surface area contributed by atoms with Crippen LogP contribution in [0.25, 0.3) is 0 Å². The Balaban J connectivity index is 1.29. The zero-order chi connectivity index (χ0) is 22.7. The van der Waals surface area contributed by atoms with Crippen LogP contribution < -0.4 is 15.5 Å². The summed E-state index contributed by atoms with van der Waals surface area (Å²) in [5.74, 6) is 0.402. The molecule has 0 aromatic heterocycles. The van der Waals surface area contributed by atoms with E-state index in [1.807, 2.05) is 24.8 Å². The van der Waals surface area contributed by atoms with Gasteiger partial charge in [-0.25, -0.2) is 4.79 Å². The summed E-state index contributed by atoms with van der Waals surface area (Å²) >= 11 is 0. The van der Waals surface area contributed by atoms with Gasteiger partial charge in [-0.15, -0.1) is 0 Å². The van der Waals surface area contributed by atoms with E-state index in [4.69, 9.17) is 4.74 Å². The van der Waals surface area contributed by atoms with E-state index in [2.05, 4.69) is 34.7 Å². The third-order valence-corrected chi connectivity index (χ3v) is 7.16. The predicted octanol–water partition coefficient (Wildman–Crippen LogP) is 3.78. The number of anilines is 2. The number of likely N-dealkylation sites (tertiary alicyclic amines) is 1. The van der Waals surface area contributed by atoms with Crippen molar-refractivity contribution in [1.29, 1.82) is 0 Å². The van der Waals surface area contributed by atoms with Crippen molar-refractivity contribution in [2.45, 2.75) is 70.4 Å². The largest absolute Gasteiger partial charge is 0.375 e. The van der Waals surface area contributed by atoms with E-state index >= 15 is 0 Å². The van der Waals surface area contributed by atoms with E-state index in [-0.39, 0.29) is 23.6 Å². The smallest absolute Gasteiger partial charge is 0.317 e. The summed E-state index contributed by atoms with van der Waals surface area (Å²) in [6, 6.07) is 6.43. The van der Waals surface area contributed by atoms with Gasteiger partial charge in [0.25, 0.3) is 0 Å². The first-order valence-corrected chi connectivity index (χ1v) is 12.2. The summed E-state index contributed by atoms with van der Waals surface area (Å²) in [5, 5.41) is 6.10. The molecule has 0 radical (unpaired) electrons. The molecule has 1 aromatic carbocycles. The molecule has 176 valence electrons. The molecule has 3 heterocycles. The first-order chi connectivity index (χ1) is 15.3. The van der Waals surface area contributed by atoms with Crippen molar-refractivity contribution >= 4 is 23.3 Å². The predicted molar refractivity (Wildman–Crippen MR) is 127 cm³/mol. The van der Waals surface area contributed by atoms with Crippen LogP contribution in [0.5, 0.6) is 0 Å². The Kier molecular flexibility index (Phi) is 6.93. The molecule has 4 rings (SSSR count). The molecule has 3 aliphatic heterocycles. The number of fused-ring (bicyclic) bond motifs is 1. The van der Waals surface area contributed by atoms with Gasteiger partial charge in [-0.3, -0.25) is 4.79 Å². The molecule has 7 nitrogen and oxygen atoms in total. The molecule has 0 bridgehead atoms. The highest BCUT2D eigenvalue weighted by molar-refractivity contribution is 5.91. The second-order valence-corrected chi connectivity index (χ2v) is 10.1. The van der Waals surface area contributed by atoms with Gasteiger partial charge in [0.05, 0.1) is 5.60 Å². The number of ether oxygens (including phenoxy) is 1. The first-order valence-electron chi connectivity index (χ1n) is 12.2. The van der Waals surface area contributed by atoms with Gasteiger partial charge in [0.15, 0.2) is 0 Å². The average molecular weight is 443 g/mol. The molecular weight excluding hydrogens is 404 g/mol. The lowest BCUT2D eigenvalue weighted by Gasteiger charge is -2.46. The van der Waals surface area contributed by atoms with E-state index in [0.717, 1.165) is 44.3 Å². The highest BCUT2D eigenvalue weighted by atomic mass is 16.5. The number of nitrogens with one attached hydrogen (secondary N) is 2. The van der Waals surface area contributed by atoms with Gasteiger partial charge in [0, 0.05) is 57.1 Å². The van der Waals surface area contributed by atoms with Crippen molar-refractivity contribution < 1.29 is 14.3 Å². The molecule has 2 saturated heterocycles. The van der Waals surface area contributed by atoms with E-state index in [1.165, 1.54) is 17.7 Å². The summed E-state index contributed by atoms with van der Waals surface area (Å²) in [4.78, 5) is 29.3. The normalized spacial score (nSPS) is 22.6. The number of urea groups is 1. The van der Waals surface area contributed by atoms with Crippen molar-refractivity contribution in [2.24, 2.45) is 5.92 Å². The van der Waals surface area contributed by atoms with Crippen LogP contribution in [0, 0.1) is 5.92 Å². The van der Waals surface area contributed by atoms with Gasteiger partial charge in [0.2, 0.25) is 5.91 Å². The molecule has 7 heteroatoms. The summed E-state index contributed by atoms with van der Waals surface area (Å²) in [6.45, 7) is 7.13. The molecule has 1 spiro atoms. The quantitative estimate of drug-likeness (QED) is 0.744. The monoisotopic (exact) mass is 442 g/mol. The molecule has 1 aromatic rings. The number of carbonyl (C=O) groups is 2. The fraction of sp³-hybridized carbons (Fsp3) is 0.680. The Morgan fingerprint density at radius 2 is 2.00 bits per heavy atom. The van der Waals surface area contributed by atoms with E-state index < -0.39 is 0 Å². The topological polar surface area (TPSA) is 73.9 Å². The maximum atomic E-state index is 12.8. The second-order valence-electron chi connectivity index (χ2n) is 10.1. The minimum Gasteiger partial charge on any atom is -0.375 e. The molecule has 2 N–H and O–H groups in total. The number of hydrogen-bond acceptors (Lipinski definition) is 4. The lowest BCUT2D eigenvalue weighted by atomic mass is 9.78. The fourth-order valence-electron chi connectivity index (χ4n) is 5.42. The zero-order valence-corrected chi connectivity index (χ0v) is 19.8. The first kappa shape index (κ1) is 22.9. The second kappa shape index (κ2) is 9.69. The van der Waals surface area contributed by atoms with Gasteiger partial charge >= 0.3 is 6.03 Å². The average Bonchev–Trinajstić information content (AvgIpc) is 2.74. The van der Waals surface area contributed by atoms with Gasteiger partial charge in [-0.05, 0) is 76.0 Å². The number of carbonyl (C=O) groups excluding carboxylic acids is 2. The summed E-state index contributed by atoms with van der Waals surface area (Å²) in [7, 11) is 2.11. The van der Waals surface area contributed by atoms with Crippen LogP contribution >= 0.6 is 0 Å². The Bertz CT molecular complexity index is 832. The van der Waals surface area contributed by atoms with Crippen LogP contribution in [0.15, 0.2) is 18.2 Å². The van der Waals surface area contributed by atoms with Crippen molar-refractivity contribution in [3.63, 3.8) is 0 Å². The number of aryl methyl sites for hydroxylation is 1. The number of hydrogen-bond donors (Lipinski definition) is 2. The Morgan fingerprint density at radius 3 is 2.75 bits per heavy atom. The minimum absolute atomic E-state index is 0.0114. The van der Waals surface area contributed by atoms with Gasteiger partial charge < -0.3 is 25.2 Å². The fourth-order valence-corrected chi connectivity index (χ4v) is 5.42. The van der Waals surface area contributed by atoms with E-state index in [1.54, 1.807) is 0 Å². The number of rotatable bonds is 4. The highest BCUT2D eigenvalue weighted by Gasteiger charge is 2.41. The van der Waals surface area contributed by atoms with Crippen LogP contribution in [0.2, 0.25) is 0 Å². The van der Waals surface area contributed by atoms with E-state index in [9.17, 15) is 9.59 Å². The van der Waals surface area contributed by atoms with Crippen molar-refractivity contribution in [3.8, 4) is 0 Å². The van der Waals surface area contributed by atoms with Crippen molar-refractivity contribution in [2.75, 3.05) is 43.5 Å². The molecule has 1 atom stereocenters. The Hall–Kier alpha value is -2.28. The summed E-state index contributed by atoms with van der Waals surface area (Å²) in [6.07, 6.45) is 6.30. The summed E-state index contributed by atoms with van der Waals surface area (Å²) < 4.78 is 6.22. The lowest BCUT2D eigenvalue weighted by molar-refractivity contribution is -0.131. The zero-order valence-electron chi connectivity index (χ0n) is 19.8. The molecule has 32 heavy (non-hydrogen) atoms. The van der Waals surface area contributed by atoms with E-state index in [0.29, 0.717) is 32.0 Å². The van der Waals surface area contributed by atoms with Gasteiger partial charge in [-0.1, -0.05) is 6.07 Å². The van der Waals surface area contributed by atoms with Crippen molar-refractivity contribution in [3.05, 3.63) is 23.8 Å². The van der Waals surface area contributed by atoms with Crippen molar-refractivity contribution in [1.82, 2.24) is 10.2 Å². The van der Waals surface area contributed by atoms with Crippen LogP contribution in [0.3, 0.4) is 0 Å².